The summed E-state index contributed by atoms with van der Waals surface area (Å²) in [6, 6.07) is 1.79. The van der Waals surface area contributed by atoms with Gasteiger partial charge in [0.2, 0.25) is 5.92 Å². The van der Waals surface area contributed by atoms with Crippen LogP contribution in [0.1, 0.15) is 31.4 Å². The fourth-order valence-corrected chi connectivity index (χ4v) is 2.24. The van der Waals surface area contributed by atoms with E-state index in [1.807, 2.05) is 0 Å². The zero-order valence-electron chi connectivity index (χ0n) is 9.83. The molecule has 3 nitrogen and oxygen atoms in total. The fraction of sp³-hybridized carbons (Fsp3) is 0.667. The van der Waals surface area contributed by atoms with Crippen LogP contribution in [0.2, 0.25) is 0 Å². The molecule has 5 heteroatoms. The Morgan fingerprint density at radius 1 is 1.53 bits per heavy atom. The second kappa shape index (κ2) is 4.55. The minimum atomic E-state index is -2.57. The molecule has 1 aromatic rings. The number of carbonyl (C=O) groups excluding carboxylic acids is 1. The molecule has 17 heavy (non-hydrogen) atoms. The van der Waals surface area contributed by atoms with Gasteiger partial charge in [-0.05, 0) is 18.9 Å². The van der Waals surface area contributed by atoms with E-state index in [1.54, 1.807) is 24.0 Å². The summed E-state index contributed by atoms with van der Waals surface area (Å²) in [4.78, 5) is 11.9. The van der Waals surface area contributed by atoms with Crippen molar-refractivity contribution in [3.05, 3.63) is 18.0 Å². The van der Waals surface area contributed by atoms with Crippen LogP contribution in [0.5, 0.6) is 0 Å². The van der Waals surface area contributed by atoms with E-state index in [1.165, 1.54) is 0 Å². The summed E-state index contributed by atoms with van der Waals surface area (Å²) < 4.78 is 27.5. The van der Waals surface area contributed by atoms with Gasteiger partial charge in [0, 0.05) is 32.0 Å². The van der Waals surface area contributed by atoms with Crippen molar-refractivity contribution in [1.29, 1.82) is 0 Å². The molecule has 2 rings (SSSR count). The minimum Gasteiger partial charge on any atom is -0.299 e. The van der Waals surface area contributed by atoms with Gasteiger partial charge in [-0.2, -0.15) is 5.10 Å². The Morgan fingerprint density at radius 2 is 2.18 bits per heavy atom. The zero-order chi connectivity index (χ0) is 12.5. The Hall–Kier alpha value is -1.26. The van der Waals surface area contributed by atoms with Crippen LogP contribution in [-0.2, 0) is 18.3 Å². The van der Waals surface area contributed by atoms with Crippen LogP contribution in [0.25, 0.3) is 0 Å². The van der Waals surface area contributed by atoms with Crippen molar-refractivity contribution in [2.24, 2.45) is 13.0 Å². The number of nitrogens with zero attached hydrogens (tertiary/aromatic N) is 2. The highest BCUT2D eigenvalue weighted by Gasteiger charge is 2.37. The van der Waals surface area contributed by atoms with Gasteiger partial charge in [0.25, 0.3) is 0 Å². The summed E-state index contributed by atoms with van der Waals surface area (Å²) in [5, 5.41) is 4.12. The number of ketones is 1. The molecule has 0 N–H and O–H groups in total. The highest BCUT2D eigenvalue weighted by atomic mass is 19.3. The highest BCUT2D eigenvalue weighted by molar-refractivity contribution is 5.82. The monoisotopic (exact) mass is 242 g/mol. The minimum absolute atomic E-state index is 0.0409. The topological polar surface area (TPSA) is 34.9 Å². The lowest BCUT2D eigenvalue weighted by Crippen LogP contribution is -2.29. The maximum Gasteiger partial charge on any atom is 0.248 e. The van der Waals surface area contributed by atoms with Gasteiger partial charge in [-0.15, -0.1) is 0 Å². The van der Waals surface area contributed by atoms with Crippen molar-refractivity contribution in [2.45, 2.75) is 38.0 Å². The average Bonchev–Trinajstić information content (AvgIpc) is 2.63. The van der Waals surface area contributed by atoms with Gasteiger partial charge in [0.15, 0.2) is 0 Å². The number of aromatic nitrogens is 2. The van der Waals surface area contributed by atoms with Crippen LogP contribution in [0.3, 0.4) is 0 Å². The number of halogens is 2. The third kappa shape index (κ3) is 3.11. The molecule has 1 aliphatic carbocycles. The summed E-state index contributed by atoms with van der Waals surface area (Å²) in [6.07, 6.45) is 2.32. The van der Waals surface area contributed by atoms with Gasteiger partial charge in [0.1, 0.15) is 5.78 Å². The second-order valence-corrected chi connectivity index (χ2v) is 4.75. The Morgan fingerprint density at radius 3 is 2.71 bits per heavy atom. The molecule has 94 valence electrons. The van der Waals surface area contributed by atoms with Gasteiger partial charge >= 0.3 is 0 Å². The first-order valence-electron chi connectivity index (χ1n) is 5.85. The van der Waals surface area contributed by atoms with Gasteiger partial charge in [-0.3, -0.25) is 9.48 Å². The summed E-state index contributed by atoms with van der Waals surface area (Å²) >= 11 is 0. The molecule has 1 fully saturated rings. The largest absolute Gasteiger partial charge is 0.299 e. The molecule has 1 saturated carbocycles. The van der Waals surface area contributed by atoms with Crippen LogP contribution >= 0.6 is 0 Å². The molecule has 1 aromatic heterocycles. The first-order chi connectivity index (χ1) is 7.96. The van der Waals surface area contributed by atoms with Crippen LogP contribution in [0.15, 0.2) is 12.3 Å². The smallest absolute Gasteiger partial charge is 0.248 e. The third-order valence-corrected chi connectivity index (χ3v) is 3.30. The van der Waals surface area contributed by atoms with Crippen LogP contribution in [-0.4, -0.2) is 21.5 Å². The summed E-state index contributed by atoms with van der Waals surface area (Å²) in [6.45, 7) is 0. The molecule has 0 unspecified atom stereocenters. The highest BCUT2D eigenvalue weighted by Crippen LogP contribution is 2.36. The van der Waals surface area contributed by atoms with Gasteiger partial charge in [-0.1, -0.05) is 0 Å². The predicted octanol–water partition coefficient (Wildman–Crippen LogP) is 2.36. The molecule has 0 amide bonds. The van der Waals surface area contributed by atoms with E-state index in [9.17, 15) is 13.6 Å². The molecule has 0 spiro atoms. The molecular weight excluding hydrogens is 226 g/mol. The molecule has 1 aliphatic rings. The summed E-state index contributed by atoms with van der Waals surface area (Å²) in [5.74, 6) is -2.74. The quantitative estimate of drug-likeness (QED) is 0.815. The van der Waals surface area contributed by atoms with Crippen molar-refractivity contribution >= 4 is 5.78 Å². The number of alkyl halides is 2. The lowest BCUT2D eigenvalue weighted by atomic mass is 9.83. The van der Waals surface area contributed by atoms with Crippen LogP contribution in [0.4, 0.5) is 8.78 Å². The lowest BCUT2D eigenvalue weighted by Gasteiger charge is -2.27. The Bertz CT molecular complexity index is 404. The maximum absolute atomic E-state index is 12.9. The summed E-state index contributed by atoms with van der Waals surface area (Å²) in [5.41, 5.74) is 0.717. The van der Waals surface area contributed by atoms with Crippen molar-refractivity contribution in [3.8, 4) is 0 Å². The van der Waals surface area contributed by atoms with Crippen LogP contribution in [0, 0.1) is 5.92 Å². The fourth-order valence-electron chi connectivity index (χ4n) is 2.24. The molecule has 0 aliphatic heterocycles. The Kier molecular flexibility index (Phi) is 3.26. The molecule has 0 atom stereocenters. The normalized spacial score (nSPS) is 20.4. The molecule has 1 heterocycles. The summed E-state index contributed by atoms with van der Waals surface area (Å²) in [7, 11) is 1.79. The number of aryl methyl sites for hydroxylation is 1. The number of Topliss-reactive ketones (excluding diaryl/α,β-unsaturated/α-hetero) is 1. The van der Waals surface area contributed by atoms with Gasteiger partial charge < -0.3 is 0 Å². The maximum atomic E-state index is 12.9. The van der Waals surface area contributed by atoms with E-state index >= 15 is 0 Å². The van der Waals surface area contributed by atoms with Crippen molar-refractivity contribution in [3.63, 3.8) is 0 Å². The van der Waals surface area contributed by atoms with E-state index < -0.39 is 5.92 Å². The molecule has 0 saturated heterocycles. The second-order valence-electron chi connectivity index (χ2n) is 4.75. The molecule has 0 aromatic carbocycles. The zero-order valence-corrected chi connectivity index (χ0v) is 9.83. The van der Waals surface area contributed by atoms with Gasteiger partial charge in [0.05, 0.1) is 12.1 Å². The first kappa shape index (κ1) is 12.2. The third-order valence-electron chi connectivity index (χ3n) is 3.30. The standard InChI is InChI=1S/C12H16F2N2O/c1-16-7-4-10(15-16)8-11(17)9-2-5-12(13,14)6-3-9/h4,7,9H,2-3,5-6,8H2,1H3. The van der Waals surface area contributed by atoms with Crippen LogP contribution < -0.4 is 0 Å². The molecular formula is C12H16F2N2O. The first-order valence-corrected chi connectivity index (χ1v) is 5.85. The van der Waals surface area contributed by atoms with E-state index in [0.29, 0.717) is 12.8 Å². The van der Waals surface area contributed by atoms with E-state index in [2.05, 4.69) is 5.10 Å². The number of carbonyl (C=O) groups is 1. The number of rotatable bonds is 3. The van der Waals surface area contributed by atoms with Crippen molar-refractivity contribution in [1.82, 2.24) is 9.78 Å². The Labute approximate surface area is 98.8 Å². The van der Waals surface area contributed by atoms with Crippen molar-refractivity contribution in [2.75, 3.05) is 0 Å². The Balaban J connectivity index is 1.89. The lowest BCUT2D eigenvalue weighted by molar-refractivity contribution is -0.126. The molecule has 0 radical (unpaired) electrons. The van der Waals surface area contributed by atoms with E-state index in [0.717, 1.165) is 5.69 Å². The number of hydrogen-bond acceptors (Lipinski definition) is 2. The van der Waals surface area contributed by atoms with E-state index in [4.69, 9.17) is 0 Å². The predicted molar refractivity (Wildman–Crippen MR) is 58.8 cm³/mol. The molecule has 0 bridgehead atoms. The van der Waals surface area contributed by atoms with Gasteiger partial charge in [-0.25, -0.2) is 8.78 Å². The average molecular weight is 242 g/mol. The SMILES string of the molecule is Cn1ccc(CC(=O)C2CCC(F)(F)CC2)n1. The number of hydrogen-bond donors (Lipinski definition) is 0. The van der Waals surface area contributed by atoms with E-state index in [-0.39, 0.29) is 31.0 Å². The van der Waals surface area contributed by atoms with Crippen molar-refractivity contribution < 1.29 is 13.6 Å².